The van der Waals surface area contributed by atoms with Crippen LogP contribution in [0.3, 0.4) is 0 Å². The first-order valence-corrected chi connectivity index (χ1v) is 9.23. The zero-order chi connectivity index (χ0) is 15.0. The van der Waals surface area contributed by atoms with Gasteiger partial charge in [-0.3, -0.25) is 4.40 Å². The molecular weight excluding hydrogens is 312 g/mol. The van der Waals surface area contributed by atoms with E-state index < -0.39 is 22.2 Å². The van der Waals surface area contributed by atoms with Crippen LogP contribution in [0.1, 0.15) is 25.7 Å². The summed E-state index contributed by atoms with van der Waals surface area (Å²) in [5, 5.41) is 14.7. The van der Waals surface area contributed by atoms with Gasteiger partial charge in [-0.1, -0.05) is 12.8 Å². The summed E-state index contributed by atoms with van der Waals surface area (Å²) >= 11 is 1.37. The number of aliphatic hydroxyl groups excluding tert-OH is 1. The molecule has 2 unspecified atom stereocenters. The molecule has 7 nitrogen and oxygen atoms in total. The predicted octanol–water partition coefficient (Wildman–Crippen LogP) is 1.02. The van der Waals surface area contributed by atoms with E-state index >= 15 is 0 Å². The molecule has 0 aliphatic heterocycles. The lowest BCUT2D eigenvalue weighted by Gasteiger charge is -2.27. The average molecular weight is 330 g/mol. The Bertz CT molecular complexity index is 737. The number of rotatable bonds is 4. The Morgan fingerprint density at radius 1 is 1.43 bits per heavy atom. The molecule has 3 rings (SSSR count). The van der Waals surface area contributed by atoms with Crippen LogP contribution >= 0.6 is 11.3 Å². The zero-order valence-electron chi connectivity index (χ0n) is 11.6. The quantitative estimate of drug-likeness (QED) is 0.778. The monoisotopic (exact) mass is 330 g/mol. The molecule has 0 aromatic carbocycles. The Labute approximate surface area is 127 Å². The van der Waals surface area contributed by atoms with Gasteiger partial charge in [0.15, 0.2) is 15.8 Å². The van der Waals surface area contributed by atoms with Gasteiger partial charge >= 0.3 is 0 Å². The van der Waals surface area contributed by atoms with E-state index in [0.717, 1.165) is 12.8 Å². The fourth-order valence-corrected chi connectivity index (χ4v) is 5.05. The van der Waals surface area contributed by atoms with Crippen LogP contribution < -0.4 is 10.0 Å². The number of anilines is 1. The SMILES string of the molecule is CNc1nc2sccn2c1S(=O)(=O)NC1CCCCC1O. The fraction of sp³-hybridized carbons (Fsp3) is 0.583. The zero-order valence-corrected chi connectivity index (χ0v) is 13.2. The molecule has 21 heavy (non-hydrogen) atoms. The van der Waals surface area contributed by atoms with Crippen molar-refractivity contribution in [1.29, 1.82) is 0 Å². The molecule has 2 heterocycles. The number of fused-ring (bicyclic) bond motifs is 1. The lowest BCUT2D eigenvalue weighted by atomic mass is 9.93. The number of imidazole rings is 1. The third-order valence-electron chi connectivity index (χ3n) is 3.75. The number of hydrogen-bond donors (Lipinski definition) is 3. The smallest absolute Gasteiger partial charge is 0.260 e. The molecule has 0 spiro atoms. The Balaban J connectivity index is 1.97. The van der Waals surface area contributed by atoms with Crippen molar-refractivity contribution < 1.29 is 13.5 Å². The van der Waals surface area contributed by atoms with Gasteiger partial charge in [-0.2, -0.15) is 0 Å². The van der Waals surface area contributed by atoms with Crippen molar-refractivity contribution in [1.82, 2.24) is 14.1 Å². The maximum atomic E-state index is 12.7. The lowest BCUT2D eigenvalue weighted by Crippen LogP contribution is -2.45. The summed E-state index contributed by atoms with van der Waals surface area (Å²) in [5.74, 6) is 0.319. The van der Waals surface area contributed by atoms with E-state index in [0.29, 0.717) is 23.6 Å². The Kier molecular flexibility index (Phi) is 3.91. The van der Waals surface area contributed by atoms with Crippen LogP contribution in [0.5, 0.6) is 0 Å². The molecular formula is C12H18N4O3S2. The van der Waals surface area contributed by atoms with Crippen molar-refractivity contribution in [2.75, 3.05) is 12.4 Å². The molecule has 1 aliphatic rings. The van der Waals surface area contributed by atoms with E-state index in [-0.39, 0.29) is 5.03 Å². The normalized spacial score (nSPS) is 23.5. The number of thiazole rings is 1. The lowest BCUT2D eigenvalue weighted by molar-refractivity contribution is 0.101. The van der Waals surface area contributed by atoms with E-state index in [1.807, 2.05) is 0 Å². The highest BCUT2D eigenvalue weighted by molar-refractivity contribution is 7.89. The van der Waals surface area contributed by atoms with Gasteiger partial charge in [-0.25, -0.2) is 18.1 Å². The third kappa shape index (κ3) is 2.66. The van der Waals surface area contributed by atoms with Gasteiger partial charge in [-0.05, 0) is 12.8 Å². The second-order valence-corrected chi connectivity index (χ2v) is 7.65. The number of hydrogen-bond acceptors (Lipinski definition) is 6. The number of aliphatic hydroxyl groups is 1. The van der Waals surface area contributed by atoms with E-state index in [2.05, 4.69) is 15.0 Å². The van der Waals surface area contributed by atoms with Crippen molar-refractivity contribution in [3.05, 3.63) is 11.6 Å². The molecule has 3 N–H and O–H groups in total. The van der Waals surface area contributed by atoms with E-state index in [1.165, 1.54) is 11.3 Å². The molecule has 0 radical (unpaired) electrons. The molecule has 1 aliphatic carbocycles. The summed E-state index contributed by atoms with van der Waals surface area (Å²) in [7, 11) is -2.11. The Morgan fingerprint density at radius 3 is 2.90 bits per heavy atom. The van der Waals surface area contributed by atoms with Gasteiger partial charge in [0.2, 0.25) is 0 Å². The number of aromatic nitrogens is 2. The molecule has 2 aromatic rings. The first-order chi connectivity index (χ1) is 10.0. The van der Waals surface area contributed by atoms with Crippen LogP contribution in [0.4, 0.5) is 5.82 Å². The second kappa shape index (κ2) is 5.56. The van der Waals surface area contributed by atoms with Gasteiger partial charge in [-0.15, -0.1) is 11.3 Å². The Morgan fingerprint density at radius 2 is 2.19 bits per heavy atom. The molecule has 1 saturated carbocycles. The molecule has 1 fully saturated rings. The van der Waals surface area contributed by atoms with Gasteiger partial charge in [0, 0.05) is 24.7 Å². The van der Waals surface area contributed by atoms with Crippen molar-refractivity contribution >= 4 is 32.1 Å². The minimum absolute atomic E-state index is 0.0963. The minimum Gasteiger partial charge on any atom is -0.391 e. The molecule has 0 saturated heterocycles. The van der Waals surface area contributed by atoms with Crippen molar-refractivity contribution in [2.24, 2.45) is 0 Å². The second-order valence-electron chi connectivity index (χ2n) is 5.15. The van der Waals surface area contributed by atoms with Gasteiger partial charge in [0.1, 0.15) is 0 Å². The summed E-state index contributed by atoms with van der Waals surface area (Å²) in [4.78, 5) is 4.87. The molecule has 2 atom stereocenters. The number of sulfonamides is 1. The van der Waals surface area contributed by atoms with Gasteiger partial charge in [0.05, 0.1) is 6.10 Å². The van der Waals surface area contributed by atoms with Crippen LogP contribution in [0.2, 0.25) is 0 Å². The number of nitrogens with zero attached hydrogens (tertiary/aromatic N) is 2. The molecule has 0 bridgehead atoms. The summed E-state index contributed by atoms with van der Waals surface area (Å²) in [6.07, 6.45) is 4.19. The van der Waals surface area contributed by atoms with Crippen molar-refractivity contribution in [2.45, 2.75) is 42.9 Å². The van der Waals surface area contributed by atoms with E-state index in [1.54, 1.807) is 23.0 Å². The average Bonchev–Trinajstić information content (AvgIpc) is 3.00. The highest BCUT2D eigenvalue weighted by Gasteiger charge is 2.32. The molecule has 0 amide bonds. The van der Waals surface area contributed by atoms with Crippen LogP contribution in [0.25, 0.3) is 4.96 Å². The molecule has 9 heteroatoms. The highest BCUT2D eigenvalue weighted by atomic mass is 32.2. The minimum atomic E-state index is -3.75. The fourth-order valence-electron chi connectivity index (χ4n) is 2.69. The van der Waals surface area contributed by atoms with Crippen molar-refractivity contribution in [3.63, 3.8) is 0 Å². The summed E-state index contributed by atoms with van der Waals surface area (Å²) < 4.78 is 29.5. The maximum Gasteiger partial charge on any atom is 0.260 e. The molecule has 2 aromatic heterocycles. The van der Waals surface area contributed by atoms with Crippen LogP contribution in [-0.2, 0) is 10.0 Å². The first-order valence-electron chi connectivity index (χ1n) is 6.86. The van der Waals surface area contributed by atoms with E-state index in [4.69, 9.17) is 0 Å². The van der Waals surface area contributed by atoms with Crippen LogP contribution in [-0.4, -0.2) is 42.1 Å². The van der Waals surface area contributed by atoms with E-state index in [9.17, 15) is 13.5 Å². The van der Waals surface area contributed by atoms with Crippen LogP contribution in [0, 0.1) is 0 Å². The number of nitrogens with one attached hydrogen (secondary N) is 2. The van der Waals surface area contributed by atoms with Crippen LogP contribution in [0.15, 0.2) is 16.6 Å². The highest BCUT2D eigenvalue weighted by Crippen LogP contribution is 2.27. The van der Waals surface area contributed by atoms with Gasteiger partial charge < -0.3 is 10.4 Å². The topological polar surface area (TPSA) is 95.7 Å². The summed E-state index contributed by atoms with van der Waals surface area (Å²) in [6.45, 7) is 0. The first kappa shape index (κ1) is 14.8. The van der Waals surface area contributed by atoms with Gasteiger partial charge in [0.25, 0.3) is 10.0 Å². The largest absolute Gasteiger partial charge is 0.391 e. The molecule has 116 valence electrons. The third-order valence-corrected chi connectivity index (χ3v) is 6.01. The summed E-state index contributed by atoms with van der Waals surface area (Å²) in [6, 6.07) is -0.433. The predicted molar refractivity (Wildman–Crippen MR) is 81.2 cm³/mol. The summed E-state index contributed by atoms with van der Waals surface area (Å²) in [5.41, 5.74) is 0. The maximum absolute atomic E-state index is 12.7. The Hall–Kier alpha value is -1.16. The van der Waals surface area contributed by atoms with Crippen molar-refractivity contribution in [3.8, 4) is 0 Å². The standard InChI is InChI=1S/C12H18N4O3S2/c1-13-10-11(16-6-7-20-12(16)14-10)21(18,19)15-8-4-2-3-5-9(8)17/h6-9,13,15,17H,2-5H2,1H3.